The van der Waals surface area contributed by atoms with Crippen LogP contribution in [0.4, 0.5) is 0 Å². The Kier molecular flexibility index (Phi) is 3.83. The molecule has 1 saturated carbocycles. The molecule has 1 fully saturated rings. The smallest absolute Gasteiger partial charge is 0.303 e. The van der Waals surface area contributed by atoms with Gasteiger partial charge in [0.1, 0.15) is 11.5 Å². The van der Waals surface area contributed by atoms with Gasteiger partial charge in [0.25, 0.3) is 5.91 Å². The molecule has 6 nitrogen and oxygen atoms in total. The maximum atomic E-state index is 12.0. The molecule has 0 aromatic heterocycles. The van der Waals surface area contributed by atoms with Crippen molar-refractivity contribution in [3.8, 4) is 11.5 Å². The van der Waals surface area contributed by atoms with Crippen LogP contribution in [-0.4, -0.2) is 33.7 Å². The number of phenols is 2. The highest BCUT2D eigenvalue weighted by molar-refractivity contribution is 5.97. The lowest BCUT2D eigenvalue weighted by Gasteiger charge is -2.40. The topological polar surface area (TPSA) is 107 Å². The van der Waals surface area contributed by atoms with E-state index < -0.39 is 11.9 Å². The van der Waals surface area contributed by atoms with Gasteiger partial charge in [0.2, 0.25) is 0 Å². The van der Waals surface area contributed by atoms with Gasteiger partial charge in [-0.1, -0.05) is 6.42 Å². The molecule has 0 aliphatic heterocycles. The highest BCUT2D eigenvalue weighted by Crippen LogP contribution is 2.43. The molecule has 6 heteroatoms. The number of carbonyl (C=O) groups excluding carboxylic acids is 1. The van der Waals surface area contributed by atoms with Crippen molar-refractivity contribution >= 4 is 11.9 Å². The number of carboxylic acid groups (broad SMARTS) is 1. The molecule has 0 radical (unpaired) electrons. The van der Waals surface area contributed by atoms with E-state index in [1.54, 1.807) is 0 Å². The molecular formula is C14H17NO5. The number of amides is 1. The lowest BCUT2D eigenvalue weighted by molar-refractivity contribution is -0.141. The van der Waals surface area contributed by atoms with Crippen LogP contribution in [0.2, 0.25) is 0 Å². The van der Waals surface area contributed by atoms with E-state index in [1.807, 2.05) is 0 Å². The van der Waals surface area contributed by atoms with Crippen molar-refractivity contribution in [2.75, 3.05) is 6.54 Å². The molecule has 0 unspecified atom stereocenters. The van der Waals surface area contributed by atoms with Gasteiger partial charge in [0, 0.05) is 6.54 Å². The maximum absolute atomic E-state index is 12.0. The molecule has 1 aliphatic rings. The molecule has 108 valence electrons. The largest absolute Gasteiger partial charge is 0.508 e. The molecule has 2 rings (SSSR count). The highest BCUT2D eigenvalue weighted by atomic mass is 16.4. The quantitative estimate of drug-likeness (QED) is 0.611. The van der Waals surface area contributed by atoms with Crippen LogP contribution in [0.5, 0.6) is 11.5 Å². The van der Waals surface area contributed by atoms with E-state index in [9.17, 15) is 19.8 Å². The molecule has 1 amide bonds. The Bertz CT molecular complexity index is 536. The third-order valence-corrected chi connectivity index (χ3v) is 3.79. The summed E-state index contributed by atoms with van der Waals surface area (Å²) >= 11 is 0. The summed E-state index contributed by atoms with van der Waals surface area (Å²) in [6, 6.07) is 3.69. The van der Waals surface area contributed by atoms with Gasteiger partial charge in [-0.25, -0.2) is 0 Å². The van der Waals surface area contributed by atoms with Gasteiger partial charge in [-0.3, -0.25) is 9.59 Å². The molecule has 20 heavy (non-hydrogen) atoms. The van der Waals surface area contributed by atoms with E-state index in [2.05, 4.69) is 5.32 Å². The monoisotopic (exact) mass is 279 g/mol. The lowest BCUT2D eigenvalue weighted by atomic mass is 9.66. The van der Waals surface area contributed by atoms with E-state index in [1.165, 1.54) is 18.2 Å². The Morgan fingerprint density at radius 1 is 1.25 bits per heavy atom. The number of rotatable bonds is 5. The van der Waals surface area contributed by atoms with Gasteiger partial charge in [-0.15, -0.1) is 0 Å². The summed E-state index contributed by atoms with van der Waals surface area (Å²) in [4.78, 5) is 22.8. The van der Waals surface area contributed by atoms with Gasteiger partial charge in [0.05, 0.1) is 12.0 Å². The second-order valence-electron chi connectivity index (χ2n) is 5.31. The first kappa shape index (κ1) is 14.2. The fourth-order valence-electron chi connectivity index (χ4n) is 2.48. The average molecular weight is 279 g/mol. The van der Waals surface area contributed by atoms with E-state index in [-0.39, 0.29) is 35.4 Å². The van der Waals surface area contributed by atoms with Gasteiger partial charge >= 0.3 is 5.97 Å². The van der Waals surface area contributed by atoms with Crippen molar-refractivity contribution in [2.24, 2.45) is 5.41 Å². The van der Waals surface area contributed by atoms with Crippen LogP contribution < -0.4 is 5.32 Å². The molecule has 1 aromatic carbocycles. The van der Waals surface area contributed by atoms with Crippen LogP contribution in [0.3, 0.4) is 0 Å². The minimum Gasteiger partial charge on any atom is -0.508 e. The van der Waals surface area contributed by atoms with Crippen molar-refractivity contribution < 1.29 is 24.9 Å². The summed E-state index contributed by atoms with van der Waals surface area (Å²) in [7, 11) is 0. The third kappa shape index (κ3) is 3.01. The van der Waals surface area contributed by atoms with Crippen molar-refractivity contribution in [3.05, 3.63) is 23.8 Å². The molecular weight excluding hydrogens is 262 g/mol. The Morgan fingerprint density at radius 3 is 2.50 bits per heavy atom. The fourth-order valence-corrected chi connectivity index (χ4v) is 2.48. The molecule has 1 aromatic rings. The Balaban J connectivity index is 2.01. The molecule has 0 atom stereocenters. The van der Waals surface area contributed by atoms with Gasteiger partial charge in [0.15, 0.2) is 0 Å². The SMILES string of the molecule is O=C(O)CC1(CNC(=O)c2cc(O)ccc2O)CCC1. The van der Waals surface area contributed by atoms with Crippen LogP contribution >= 0.6 is 0 Å². The van der Waals surface area contributed by atoms with Crippen LogP contribution in [0.1, 0.15) is 36.0 Å². The molecule has 0 heterocycles. The van der Waals surface area contributed by atoms with Gasteiger partial charge in [-0.2, -0.15) is 0 Å². The summed E-state index contributed by atoms with van der Waals surface area (Å²) < 4.78 is 0. The molecule has 0 saturated heterocycles. The summed E-state index contributed by atoms with van der Waals surface area (Å²) in [6.45, 7) is 0.257. The molecule has 0 spiro atoms. The number of carbonyl (C=O) groups is 2. The number of aromatic hydroxyl groups is 2. The number of aliphatic carboxylic acids is 1. The number of carboxylic acids is 1. The summed E-state index contributed by atoms with van der Waals surface area (Å²) in [5.41, 5.74) is -0.400. The number of benzene rings is 1. The average Bonchev–Trinajstić information content (AvgIpc) is 2.34. The standard InChI is InChI=1S/C14H17NO5/c16-9-2-3-11(17)10(6-9)13(20)15-8-14(4-1-5-14)7-12(18)19/h2-3,6,16-17H,1,4-5,7-8H2,(H,15,20)(H,18,19). The third-order valence-electron chi connectivity index (χ3n) is 3.79. The first-order valence-corrected chi connectivity index (χ1v) is 6.44. The summed E-state index contributed by atoms with van der Waals surface area (Å²) in [5.74, 6) is -1.73. The second kappa shape index (κ2) is 5.40. The Morgan fingerprint density at radius 2 is 1.95 bits per heavy atom. The number of hydrogen-bond acceptors (Lipinski definition) is 4. The fraction of sp³-hybridized carbons (Fsp3) is 0.429. The van der Waals surface area contributed by atoms with Crippen LogP contribution in [0, 0.1) is 5.41 Å². The highest BCUT2D eigenvalue weighted by Gasteiger charge is 2.39. The van der Waals surface area contributed by atoms with E-state index >= 15 is 0 Å². The molecule has 0 bridgehead atoms. The van der Waals surface area contributed by atoms with E-state index in [0.29, 0.717) is 0 Å². The van der Waals surface area contributed by atoms with Crippen molar-refractivity contribution in [1.82, 2.24) is 5.32 Å². The van der Waals surface area contributed by atoms with Crippen LogP contribution in [0.25, 0.3) is 0 Å². The maximum Gasteiger partial charge on any atom is 0.303 e. The van der Waals surface area contributed by atoms with Crippen molar-refractivity contribution in [3.63, 3.8) is 0 Å². The first-order chi connectivity index (χ1) is 9.42. The second-order valence-corrected chi connectivity index (χ2v) is 5.31. The van der Waals surface area contributed by atoms with E-state index in [4.69, 9.17) is 5.11 Å². The minimum atomic E-state index is -0.876. The minimum absolute atomic E-state index is 0.0187. The van der Waals surface area contributed by atoms with E-state index in [0.717, 1.165) is 19.3 Å². The van der Waals surface area contributed by atoms with Gasteiger partial charge in [-0.05, 0) is 36.5 Å². The predicted molar refractivity (Wildman–Crippen MR) is 70.6 cm³/mol. The molecule has 1 aliphatic carbocycles. The van der Waals surface area contributed by atoms with Crippen LogP contribution in [0.15, 0.2) is 18.2 Å². The zero-order valence-electron chi connectivity index (χ0n) is 10.9. The Labute approximate surface area is 116 Å². The van der Waals surface area contributed by atoms with Crippen molar-refractivity contribution in [1.29, 1.82) is 0 Å². The van der Waals surface area contributed by atoms with Gasteiger partial charge < -0.3 is 20.6 Å². The normalized spacial score (nSPS) is 16.2. The summed E-state index contributed by atoms with van der Waals surface area (Å²) in [6.07, 6.45) is 2.52. The predicted octanol–water partition coefficient (Wildman–Crippen LogP) is 1.47. The first-order valence-electron chi connectivity index (χ1n) is 6.44. The summed E-state index contributed by atoms with van der Waals surface area (Å²) in [5, 5.41) is 30.4. The van der Waals surface area contributed by atoms with Crippen LogP contribution in [-0.2, 0) is 4.79 Å². The number of phenolic OH excluding ortho intramolecular Hbond substituents is 2. The van der Waals surface area contributed by atoms with Crippen molar-refractivity contribution in [2.45, 2.75) is 25.7 Å². The number of hydrogen-bond donors (Lipinski definition) is 4. The Hall–Kier alpha value is -2.24. The number of nitrogens with one attached hydrogen (secondary N) is 1. The molecule has 4 N–H and O–H groups in total. The zero-order chi connectivity index (χ0) is 14.8. The zero-order valence-corrected chi connectivity index (χ0v) is 10.9. The lowest BCUT2D eigenvalue weighted by Crippen LogP contribution is -2.43.